The summed E-state index contributed by atoms with van der Waals surface area (Å²) in [5.41, 5.74) is 7.42. The van der Waals surface area contributed by atoms with E-state index in [2.05, 4.69) is 4.98 Å². The molecule has 1 saturated heterocycles. The first-order valence-electron chi connectivity index (χ1n) is 7.33. The number of oxazole rings is 1. The number of ether oxygens (including phenoxy) is 1. The number of fused-ring (bicyclic) bond motifs is 1. The zero-order valence-electron chi connectivity index (χ0n) is 13.4. The van der Waals surface area contributed by atoms with Crippen LogP contribution < -0.4 is 10.6 Å². The third kappa shape index (κ3) is 4.30. The van der Waals surface area contributed by atoms with Crippen LogP contribution in [0.5, 0.6) is 0 Å². The topological polar surface area (TPSA) is 84.8 Å². The standard InChI is InChI=1S/C15H20N4O3.2ClH/c1-21-10-11(16)14(20)18-6-8-19(9-7-18)15-17-12-4-2-3-5-13(12)22-15;;/h2-5,11H,6-10,16H2,1H3;2*1H. The van der Waals surface area contributed by atoms with E-state index < -0.39 is 6.04 Å². The number of methoxy groups -OCH3 is 1. The lowest BCUT2D eigenvalue weighted by molar-refractivity contribution is -0.134. The number of rotatable bonds is 4. The normalized spacial score (nSPS) is 15.6. The van der Waals surface area contributed by atoms with E-state index in [4.69, 9.17) is 14.9 Å². The van der Waals surface area contributed by atoms with Crippen molar-refractivity contribution >= 4 is 47.8 Å². The van der Waals surface area contributed by atoms with Gasteiger partial charge in [0.05, 0.1) is 6.61 Å². The first kappa shape index (κ1) is 20.5. The predicted molar refractivity (Wildman–Crippen MR) is 97.1 cm³/mol. The molecule has 24 heavy (non-hydrogen) atoms. The molecule has 1 aliphatic heterocycles. The fourth-order valence-electron chi connectivity index (χ4n) is 2.60. The number of anilines is 1. The number of carbonyl (C=O) groups excluding carboxylic acids is 1. The van der Waals surface area contributed by atoms with Gasteiger partial charge in [-0.3, -0.25) is 4.79 Å². The Bertz CT molecular complexity index is 626. The molecule has 1 amide bonds. The zero-order valence-corrected chi connectivity index (χ0v) is 15.0. The van der Waals surface area contributed by atoms with Crippen LogP contribution in [0.15, 0.2) is 28.7 Å². The Hall–Kier alpha value is -1.54. The summed E-state index contributed by atoms with van der Waals surface area (Å²) in [6, 6.07) is 7.68. The number of halogens is 2. The van der Waals surface area contributed by atoms with Gasteiger partial charge in [-0.2, -0.15) is 4.98 Å². The number of hydrogen-bond acceptors (Lipinski definition) is 6. The van der Waals surface area contributed by atoms with Crippen molar-refractivity contribution in [3.63, 3.8) is 0 Å². The number of amides is 1. The van der Waals surface area contributed by atoms with E-state index in [9.17, 15) is 4.79 Å². The highest BCUT2D eigenvalue weighted by Gasteiger charge is 2.26. The summed E-state index contributed by atoms with van der Waals surface area (Å²) in [6.45, 7) is 2.81. The van der Waals surface area contributed by atoms with Crippen molar-refractivity contribution in [1.29, 1.82) is 0 Å². The van der Waals surface area contributed by atoms with Gasteiger partial charge in [0.2, 0.25) is 5.91 Å². The molecule has 1 aromatic carbocycles. The Kier molecular flexibility index (Phi) is 7.75. The number of nitrogens with two attached hydrogens (primary N) is 1. The van der Waals surface area contributed by atoms with Crippen molar-refractivity contribution in [2.24, 2.45) is 5.73 Å². The second-order valence-corrected chi connectivity index (χ2v) is 5.34. The van der Waals surface area contributed by atoms with Gasteiger partial charge in [-0.1, -0.05) is 12.1 Å². The maximum Gasteiger partial charge on any atom is 0.298 e. The van der Waals surface area contributed by atoms with Gasteiger partial charge in [0.1, 0.15) is 11.6 Å². The van der Waals surface area contributed by atoms with Crippen LogP contribution in [0.2, 0.25) is 0 Å². The molecule has 3 rings (SSSR count). The number of carbonyl (C=O) groups is 1. The first-order chi connectivity index (χ1) is 10.7. The van der Waals surface area contributed by atoms with Gasteiger partial charge in [-0.25, -0.2) is 0 Å². The smallest absolute Gasteiger partial charge is 0.298 e. The molecule has 7 nitrogen and oxygen atoms in total. The number of benzene rings is 1. The second kappa shape index (κ2) is 9.08. The summed E-state index contributed by atoms with van der Waals surface area (Å²) in [5, 5.41) is 0. The van der Waals surface area contributed by atoms with Crippen molar-refractivity contribution in [1.82, 2.24) is 9.88 Å². The van der Waals surface area contributed by atoms with E-state index in [1.807, 2.05) is 29.2 Å². The van der Waals surface area contributed by atoms with Crippen LogP contribution in [0.3, 0.4) is 0 Å². The lowest BCUT2D eigenvalue weighted by Gasteiger charge is -2.34. The van der Waals surface area contributed by atoms with Crippen LogP contribution in [0.1, 0.15) is 0 Å². The van der Waals surface area contributed by atoms with E-state index >= 15 is 0 Å². The summed E-state index contributed by atoms with van der Waals surface area (Å²) in [5.74, 6) is -0.0703. The monoisotopic (exact) mass is 376 g/mol. The average molecular weight is 377 g/mol. The van der Waals surface area contributed by atoms with Gasteiger partial charge >= 0.3 is 0 Å². The predicted octanol–water partition coefficient (Wildman–Crippen LogP) is 1.29. The molecular weight excluding hydrogens is 355 g/mol. The third-order valence-electron chi connectivity index (χ3n) is 3.81. The van der Waals surface area contributed by atoms with Crippen molar-refractivity contribution in [2.75, 3.05) is 44.8 Å². The SMILES string of the molecule is COCC(N)C(=O)N1CCN(c2nc3ccccc3o2)CC1.Cl.Cl. The van der Waals surface area contributed by atoms with Crippen LogP contribution in [0, 0.1) is 0 Å². The Morgan fingerprint density at radius 3 is 2.58 bits per heavy atom. The Labute approximate surface area is 152 Å². The van der Waals surface area contributed by atoms with Gasteiger partial charge < -0.3 is 24.7 Å². The molecule has 1 atom stereocenters. The summed E-state index contributed by atoms with van der Waals surface area (Å²) in [6.07, 6.45) is 0. The fourth-order valence-corrected chi connectivity index (χ4v) is 2.60. The molecule has 2 aromatic rings. The molecule has 2 heterocycles. The van der Waals surface area contributed by atoms with Gasteiger partial charge in [-0.15, -0.1) is 24.8 Å². The highest BCUT2D eigenvalue weighted by molar-refractivity contribution is 5.85. The third-order valence-corrected chi connectivity index (χ3v) is 3.81. The van der Waals surface area contributed by atoms with E-state index in [0.29, 0.717) is 32.2 Å². The number of para-hydroxylation sites is 2. The molecule has 134 valence electrons. The molecule has 2 N–H and O–H groups in total. The van der Waals surface area contributed by atoms with E-state index in [1.54, 1.807) is 12.0 Å². The molecule has 9 heteroatoms. The average Bonchev–Trinajstić information content (AvgIpc) is 2.98. The Balaban J connectivity index is 0.00000144. The lowest BCUT2D eigenvalue weighted by Crippen LogP contribution is -2.54. The minimum atomic E-state index is -0.596. The zero-order chi connectivity index (χ0) is 15.5. The van der Waals surface area contributed by atoms with Crippen LogP contribution in [0.4, 0.5) is 6.01 Å². The number of piperazine rings is 1. The van der Waals surface area contributed by atoms with E-state index in [-0.39, 0.29) is 37.3 Å². The minimum absolute atomic E-state index is 0. The van der Waals surface area contributed by atoms with Gasteiger partial charge in [0.15, 0.2) is 5.58 Å². The molecule has 1 aromatic heterocycles. The maximum absolute atomic E-state index is 12.1. The molecule has 0 radical (unpaired) electrons. The summed E-state index contributed by atoms with van der Waals surface area (Å²) < 4.78 is 10.7. The highest BCUT2D eigenvalue weighted by Crippen LogP contribution is 2.22. The summed E-state index contributed by atoms with van der Waals surface area (Å²) >= 11 is 0. The first-order valence-corrected chi connectivity index (χ1v) is 7.33. The van der Waals surface area contributed by atoms with Crippen LogP contribution in [-0.2, 0) is 9.53 Å². The Morgan fingerprint density at radius 2 is 1.96 bits per heavy atom. The number of aromatic nitrogens is 1. The molecule has 1 aliphatic rings. The second-order valence-electron chi connectivity index (χ2n) is 5.34. The van der Waals surface area contributed by atoms with Crippen LogP contribution in [-0.4, -0.2) is 61.7 Å². The number of hydrogen-bond donors (Lipinski definition) is 1. The molecule has 0 spiro atoms. The molecule has 1 unspecified atom stereocenters. The van der Waals surface area contributed by atoms with Gasteiger partial charge in [-0.05, 0) is 12.1 Å². The van der Waals surface area contributed by atoms with E-state index in [0.717, 1.165) is 11.1 Å². The van der Waals surface area contributed by atoms with Gasteiger partial charge in [0, 0.05) is 33.3 Å². The van der Waals surface area contributed by atoms with Crippen LogP contribution in [0.25, 0.3) is 11.1 Å². The molecule has 1 fully saturated rings. The van der Waals surface area contributed by atoms with Gasteiger partial charge in [0.25, 0.3) is 6.01 Å². The molecule has 0 aliphatic carbocycles. The quantitative estimate of drug-likeness (QED) is 0.865. The van der Waals surface area contributed by atoms with Crippen molar-refractivity contribution < 1.29 is 13.9 Å². The summed E-state index contributed by atoms with van der Waals surface area (Å²) in [4.78, 5) is 20.4. The van der Waals surface area contributed by atoms with Crippen molar-refractivity contribution in [3.05, 3.63) is 24.3 Å². The number of nitrogens with zero attached hydrogens (tertiary/aromatic N) is 3. The highest BCUT2D eigenvalue weighted by atomic mass is 35.5. The van der Waals surface area contributed by atoms with Crippen molar-refractivity contribution in [3.8, 4) is 0 Å². The summed E-state index contributed by atoms with van der Waals surface area (Å²) in [7, 11) is 1.54. The van der Waals surface area contributed by atoms with Crippen molar-refractivity contribution in [2.45, 2.75) is 6.04 Å². The molecule has 0 bridgehead atoms. The fraction of sp³-hybridized carbons (Fsp3) is 0.467. The molecular formula is C15H22Cl2N4O3. The minimum Gasteiger partial charge on any atom is -0.423 e. The Morgan fingerprint density at radius 1 is 1.29 bits per heavy atom. The van der Waals surface area contributed by atoms with Crippen LogP contribution >= 0.6 is 24.8 Å². The van der Waals surface area contributed by atoms with E-state index in [1.165, 1.54) is 0 Å². The lowest BCUT2D eigenvalue weighted by atomic mass is 10.2. The largest absolute Gasteiger partial charge is 0.423 e. The maximum atomic E-state index is 12.1. The molecule has 0 saturated carbocycles.